The molecule has 8 heteroatoms. The van der Waals surface area contributed by atoms with Crippen LogP contribution in [0.3, 0.4) is 0 Å². The number of carbonyl (C=O) groups excluding carboxylic acids is 1. The van der Waals surface area contributed by atoms with Crippen LogP contribution in [0.4, 0.5) is 4.79 Å². The number of hydrogen-bond donors (Lipinski definition) is 0. The molecule has 8 nitrogen and oxygen atoms in total. The molecule has 2 aromatic rings. The topological polar surface area (TPSA) is 86.9 Å². The zero-order valence-electron chi connectivity index (χ0n) is 16.1. The van der Waals surface area contributed by atoms with Crippen molar-refractivity contribution in [1.29, 1.82) is 0 Å². The fourth-order valence-corrected chi connectivity index (χ4v) is 3.00. The molecule has 1 aliphatic rings. The quantitative estimate of drug-likeness (QED) is 0.812. The summed E-state index contributed by atoms with van der Waals surface area (Å²) in [6, 6.07) is 5.67. The third kappa shape index (κ3) is 4.77. The molecule has 2 heterocycles. The molecule has 0 aliphatic carbocycles. The molecule has 1 aromatic heterocycles. The molecular formula is C19H25N3O5. The van der Waals surface area contributed by atoms with E-state index in [9.17, 15) is 4.79 Å². The zero-order chi connectivity index (χ0) is 19.4. The molecular weight excluding hydrogens is 350 g/mol. The van der Waals surface area contributed by atoms with Crippen LogP contribution in [-0.2, 0) is 15.9 Å². The SMILES string of the molecule is COc1ccc(C[C@@H]2COCCN2C(=O)OC(C)(C)C)cc1-c1ncon1. The number of morpholine rings is 1. The standard InChI is InChI=1S/C19H25N3O5/c1-19(2,3)27-18(23)22-7-8-25-11-14(22)9-13-5-6-16(24-4)15(10-13)17-20-12-26-21-17/h5-6,10,12,14H,7-9,11H2,1-4H3/t14-/m1/s1. The highest BCUT2D eigenvalue weighted by molar-refractivity contribution is 5.69. The summed E-state index contributed by atoms with van der Waals surface area (Å²) >= 11 is 0. The van der Waals surface area contributed by atoms with Gasteiger partial charge >= 0.3 is 6.09 Å². The zero-order valence-corrected chi connectivity index (χ0v) is 16.1. The van der Waals surface area contributed by atoms with E-state index in [4.69, 9.17) is 18.7 Å². The number of nitrogens with zero attached hydrogens (tertiary/aromatic N) is 3. The summed E-state index contributed by atoms with van der Waals surface area (Å²) in [5.41, 5.74) is 1.22. The van der Waals surface area contributed by atoms with Gasteiger partial charge in [0.2, 0.25) is 12.2 Å². The second-order valence-electron chi connectivity index (χ2n) is 7.40. The average molecular weight is 375 g/mol. The lowest BCUT2D eigenvalue weighted by atomic mass is 10.0. The highest BCUT2D eigenvalue weighted by atomic mass is 16.6. The second kappa shape index (κ2) is 7.96. The molecule has 0 saturated carbocycles. The van der Waals surface area contributed by atoms with Crippen molar-refractivity contribution in [2.24, 2.45) is 0 Å². The second-order valence-corrected chi connectivity index (χ2v) is 7.40. The molecule has 1 aromatic carbocycles. The number of aromatic nitrogens is 2. The normalized spacial score (nSPS) is 17.6. The van der Waals surface area contributed by atoms with Crippen molar-refractivity contribution >= 4 is 6.09 Å². The summed E-state index contributed by atoms with van der Waals surface area (Å²) in [4.78, 5) is 18.4. The van der Waals surface area contributed by atoms with Crippen molar-refractivity contribution in [3.05, 3.63) is 30.2 Å². The molecule has 1 saturated heterocycles. The van der Waals surface area contributed by atoms with Crippen molar-refractivity contribution < 1.29 is 23.5 Å². The number of carbonyl (C=O) groups is 1. The molecule has 0 spiro atoms. The van der Waals surface area contributed by atoms with Gasteiger partial charge in [-0.25, -0.2) is 4.79 Å². The van der Waals surface area contributed by atoms with Crippen molar-refractivity contribution in [3.63, 3.8) is 0 Å². The Labute approximate surface area is 158 Å². The summed E-state index contributed by atoms with van der Waals surface area (Å²) in [7, 11) is 1.60. The van der Waals surface area contributed by atoms with Crippen LogP contribution in [0, 0.1) is 0 Å². The van der Waals surface area contributed by atoms with Gasteiger partial charge in [-0.2, -0.15) is 4.98 Å². The Morgan fingerprint density at radius 2 is 2.19 bits per heavy atom. The minimum absolute atomic E-state index is 0.111. The van der Waals surface area contributed by atoms with E-state index in [0.717, 1.165) is 11.1 Å². The number of methoxy groups -OCH3 is 1. The average Bonchev–Trinajstić information content (AvgIpc) is 3.15. The molecule has 27 heavy (non-hydrogen) atoms. The number of hydrogen-bond acceptors (Lipinski definition) is 7. The van der Waals surface area contributed by atoms with Crippen LogP contribution in [0.1, 0.15) is 26.3 Å². The Morgan fingerprint density at radius 1 is 1.37 bits per heavy atom. The van der Waals surface area contributed by atoms with Gasteiger partial charge in [0.25, 0.3) is 0 Å². The van der Waals surface area contributed by atoms with Crippen LogP contribution in [0.25, 0.3) is 11.4 Å². The van der Waals surface area contributed by atoms with Gasteiger partial charge in [-0.05, 0) is 44.9 Å². The molecule has 3 rings (SSSR count). The highest BCUT2D eigenvalue weighted by Crippen LogP contribution is 2.29. The Morgan fingerprint density at radius 3 is 2.85 bits per heavy atom. The van der Waals surface area contributed by atoms with E-state index < -0.39 is 5.60 Å². The molecule has 1 aliphatic heterocycles. The van der Waals surface area contributed by atoms with E-state index >= 15 is 0 Å². The van der Waals surface area contributed by atoms with E-state index in [1.807, 2.05) is 39.0 Å². The third-order valence-electron chi connectivity index (χ3n) is 4.19. The minimum Gasteiger partial charge on any atom is -0.496 e. The lowest BCUT2D eigenvalue weighted by Gasteiger charge is -2.36. The molecule has 0 radical (unpaired) electrons. The molecule has 0 unspecified atom stereocenters. The van der Waals surface area contributed by atoms with Gasteiger partial charge in [-0.15, -0.1) is 0 Å². The summed E-state index contributed by atoms with van der Waals surface area (Å²) < 4.78 is 21.4. The van der Waals surface area contributed by atoms with E-state index in [1.54, 1.807) is 12.0 Å². The lowest BCUT2D eigenvalue weighted by molar-refractivity contribution is -0.0319. The first-order chi connectivity index (χ1) is 12.9. The van der Waals surface area contributed by atoms with E-state index in [-0.39, 0.29) is 12.1 Å². The molecule has 1 atom stereocenters. The molecule has 0 bridgehead atoms. The Bertz CT molecular complexity index is 770. The minimum atomic E-state index is -0.536. The largest absolute Gasteiger partial charge is 0.496 e. The Hall–Kier alpha value is -2.61. The van der Waals surface area contributed by atoms with Gasteiger partial charge < -0.3 is 23.6 Å². The van der Waals surface area contributed by atoms with E-state index in [1.165, 1.54) is 6.39 Å². The van der Waals surface area contributed by atoms with Crippen LogP contribution in [0.2, 0.25) is 0 Å². The van der Waals surface area contributed by atoms with Gasteiger partial charge in [0.15, 0.2) is 0 Å². The monoisotopic (exact) mass is 375 g/mol. The van der Waals surface area contributed by atoms with Crippen LogP contribution in [0.15, 0.2) is 29.1 Å². The molecule has 1 amide bonds. The molecule has 146 valence electrons. The van der Waals surface area contributed by atoms with Crippen LogP contribution in [-0.4, -0.2) is 59.6 Å². The first-order valence-electron chi connectivity index (χ1n) is 8.88. The Kier molecular flexibility index (Phi) is 5.65. The predicted octanol–water partition coefficient (Wildman–Crippen LogP) is 2.92. The van der Waals surface area contributed by atoms with Crippen LogP contribution >= 0.6 is 0 Å². The number of benzene rings is 1. The maximum Gasteiger partial charge on any atom is 0.410 e. The lowest BCUT2D eigenvalue weighted by Crippen LogP contribution is -2.51. The van der Waals surface area contributed by atoms with E-state index in [2.05, 4.69) is 10.1 Å². The number of rotatable bonds is 4. The predicted molar refractivity (Wildman–Crippen MR) is 97.5 cm³/mol. The van der Waals surface area contributed by atoms with Gasteiger partial charge in [-0.1, -0.05) is 11.2 Å². The highest BCUT2D eigenvalue weighted by Gasteiger charge is 2.31. The molecule has 1 fully saturated rings. The summed E-state index contributed by atoms with van der Waals surface area (Å²) in [6.07, 6.45) is 1.58. The van der Waals surface area contributed by atoms with Crippen LogP contribution in [0.5, 0.6) is 5.75 Å². The van der Waals surface area contributed by atoms with Crippen molar-refractivity contribution in [3.8, 4) is 17.1 Å². The number of ether oxygens (including phenoxy) is 3. The molecule has 0 N–H and O–H groups in total. The smallest absolute Gasteiger partial charge is 0.410 e. The van der Waals surface area contributed by atoms with Gasteiger partial charge in [0.1, 0.15) is 11.4 Å². The van der Waals surface area contributed by atoms with Gasteiger partial charge in [0.05, 0.1) is 31.9 Å². The fraction of sp³-hybridized carbons (Fsp3) is 0.526. The first kappa shape index (κ1) is 19.2. The Balaban J connectivity index is 1.80. The van der Waals surface area contributed by atoms with Crippen molar-refractivity contribution in [2.45, 2.75) is 38.8 Å². The maximum absolute atomic E-state index is 12.6. The maximum atomic E-state index is 12.6. The van der Waals surface area contributed by atoms with Gasteiger partial charge in [-0.3, -0.25) is 0 Å². The van der Waals surface area contributed by atoms with Crippen LogP contribution < -0.4 is 4.74 Å². The summed E-state index contributed by atoms with van der Waals surface area (Å²) in [5, 5.41) is 3.89. The van der Waals surface area contributed by atoms with Crippen molar-refractivity contribution in [2.75, 3.05) is 26.9 Å². The number of amides is 1. The van der Waals surface area contributed by atoms with Crippen molar-refractivity contribution in [1.82, 2.24) is 15.0 Å². The summed E-state index contributed by atoms with van der Waals surface area (Å²) in [6.45, 7) is 7.06. The third-order valence-corrected chi connectivity index (χ3v) is 4.19. The fourth-order valence-electron chi connectivity index (χ4n) is 3.00. The first-order valence-corrected chi connectivity index (χ1v) is 8.88. The summed E-state index contributed by atoms with van der Waals surface area (Å²) in [5.74, 6) is 1.11. The van der Waals surface area contributed by atoms with Gasteiger partial charge in [0, 0.05) is 6.54 Å². The van der Waals surface area contributed by atoms with E-state index in [0.29, 0.717) is 37.8 Å².